The molecular formula is C25H25F2N3O6S. The number of halogens is 2. The Kier molecular flexibility index (Phi) is 7.48. The van der Waals surface area contributed by atoms with Crippen LogP contribution in [-0.2, 0) is 22.2 Å². The van der Waals surface area contributed by atoms with Gasteiger partial charge in [0.1, 0.15) is 18.1 Å². The molecule has 0 saturated carbocycles. The number of aryl methyl sites for hydroxylation is 1. The van der Waals surface area contributed by atoms with Gasteiger partial charge in [0.2, 0.25) is 15.0 Å². The Morgan fingerprint density at radius 1 is 1.03 bits per heavy atom. The van der Waals surface area contributed by atoms with Crippen LogP contribution in [0.4, 0.5) is 8.78 Å². The van der Waals surface area contributed by atoms with E-state index in [4.69, 9.17) is 14.2 Å². The molecule has 196 valence electrons. The molecule has 0 aliphatic heterocycles. The van der Waals surface area contributed by atoms with Gasteiger partial charge in [0, 0.05) is 23.4 Å². The molecular weight excluding hydrogens is 508 g/mol. The second-order valence-corrected chi connectivity index (χ2v) is 10.1. The van der Waals surface area contributed by atoms with Crippen LogP contribution in [0.1, 0.15) is 22.4 Å². The normalized spacial score (nSPS) is 11.6. The fraction of sp³-hybridized carbons (Fsp3) is 0.280. The summed E-state index contributed by atoms with van der Waals surface area (Å²) in [6.07, 6.45) is 1.71. The maximum absolute atomic E-state index is 13.0. The summed E-state index contributed by atoms with van der Waals surface area (Å²) in [5.41, 5.74) is 3.48. The Hall–Kier alpha value is -3.93. The number of imidazole rings is 1. The lowest BCUT2D eigenvalue weighted by Crippen LogP contribution is -2.08. The van der Waals surface area contributed by atoms with Gasteiger partial charge in [-0.1, -0.05) is 6.07 Å². The first-order valence-electron chi connectivity index (χ1n) is 11.1. The van der Waals surface area contributed by atoms with Gasteiger partial charge in [0.15, 0.2) is 11.5 Å². The highest BCUT2D eigenvalue weighted by atomic mass is 32.2. The van der Waals surface area contributed by atoms with Crippen LogP contribution in [-0.4, -0.2) is 44.2 Å². The van der Waals surface area contributed by atoms with E-state index in [9.17, 15) is 17.2 Å². The van der Waals surface area contributed by atoms with Crippen LogP contribution < -0.4 is 18.9 Å². The summed E-state index contributed by atoms with van der Waals surface area (Å²) in [5, 5.41) is -0.286. The Bertz CT molecular complexity index is 1540. The first kappa shape index (κ1) is 26.1. The first-order chi connectivity index (χ1) is 17.6. The van der Waals surface area contributed by atoms with Crippen molar-refractivity contribution < 1.29 is 36.1 Å². The Labute approximate surface area is 212 Å². The van der Waals surface area contributed by atoms with Crippen molar-refractivity contribution in [1.82, 2.24) is 15.0 Å². The van der Waals surface area contributed by atoms with Crippen LogP contribution in [0.5, 0.6) is 23.0 Å². The largest absolute Gasteiger partial charge is 0.496 e. The standard InChI is InChI=1S/C25H25F2N3O6S/c1-14-11-28-20(15(2)23(14)34-4)12-35-21-8-5-16(9-22(21)33-3)13-37(31,32)25-29-18-7-6-17(36-24(26)27)10-19(18)30-25/h5-11,24H,12-13H2,1-4H3,(H,29,30). The maximum atomic E-state index is 13.0. The lowest BCUT2D eigenvalue weighted by atomic mass is 10.1. The number of methoxy groups -OCH3 is 2. The molecule has 0 aliphatic carbocycles. The number of pyridine rings is 1. The molecule has 0 bridgehead atoms. The van der Waals surface area contributed by atoms with Crippen LogP contribution in [0.3, 0.4) is 0 Å². The maximum Gasteiger partial charge on any atom is 0.387 e. The van der Waals surface area contributed by atoms with E-state index in [1.807, 2.05) is 13.8 Å². The van der Waals surface area contributed by atoms with Crippen molar-refractivity contribution in [2.75, 3.05) is 14.2 Å². The van der Waals surface area contributed by atoms with E-state index in [0.717, 1.165) is 16.9 Å². The number of aromatic nitrogens is 3. The number of nitrogens with zero attached hydrogens (tertiary/aromatic N) is 2. The summed E-state index contributed by atoms with van der Waals surface area (Å²) in [4.78, 5) is 11.2. The molecule has 0 unspecified atom stereocenters. The summed E-state index contributed by atoms with van der Waals surface area (Å²) in [5.74, 6) is 1.02. The van der Waals surface area contributed by atoms with Crippen molar-refractivity contribution in [1.29, 1.82) is 0 Å². The summed E-state index contributed by atoms with van der Waals surface area (Å²) in [6, 6.07) is 8.76. The highest BCUT2D eigenvalue weighted by molar-refractivity contribution is 7.90. The Balaban J connectivity index is 1.52. The van der Waals surface area contributed by atoms with Crippen LogP contribution in [0.25, 0.3) is 11.0 Å². The number of hydrogen-bond donors (Lipinski definition) is 1. The smallest absolute Gasteiger partial charge is 0.387 e. The van der Waals surface area contributed by atoms with E-state index in [1.54, 1.807) is 31.5 Å². The topological polar surface area (TPSA) is 113 Å². The van der Waals surface area contributed by atoms with E-state index in [1.165, 1.54) is 25.3 Å². The number of aromatic amines is 1. The third kappa shape index (κ3) is 5.74. The number of ether oxygens (including phenoxy) is 4. The molecule has 1 N–H and O–H groups in total. The minimum atomic E-state index is -3.90. The van der Waals surface area contributed by atoms with Gasteiger partial charge in [-0.25, -0.2) is 13.4 Å². The zero-order chi connectivity index (χ0) is 26.7. The first-order valence-corrected chi connectivity index (χ1v) is 12.7. The second kappa shape index (κ2) is 10.6. The molecule has 0 radical (unpaired) electrons. The lowest BCUT2D eigenvalue weighted by Gasteiger charge is -2.15. The number of nitrogens with one attached hydrogen (secondary N) is 1. The van der Waals surface area contributed by atoms with Gasteiger partial charge in [-0.05, 0) is 43.7 Å². The summed E-state index contributed by atoms with van der Waals surface area (Å²) in [6.45, 7) is 0.967. The Morgan fingerprint density at radius 3 is 2.51 bits per heavy atom. The zero-order valence-electron chi connectivity index (χ0n) is 20.5. The molecule has 0 amide bonds. The average molecular weight is 534 g/mol. The fourth-order valence-electron chi connectivity index (χ4n) is 3.86. The molecule has 9 nitrogen and oxygen atoms in total. The highest BCUT2D eigenvalue weighted by Crippen LogP contribution is 2.32. The molecule has 0 spiro atoms. The predicted octanol–water partition coefficient (Wildman–Crippen LogP) is 4.75. The van der Waals surface area contributed by atoms with E-state index in [0.29, 0.717) is 28.3 Å². The summed E-state index contributed by atoms with van der Waals surface area (Å²) < 4.78 is 72.1. The zero-order valence-corrected chi connectivity index (χ0v) is 21.4. The monoisotopic (exact) mass is 533 g/mol. The average Bonchev–Trinajstić information content (AvgIpc) is 3.28. The highest BCUT2D eigenvalue weighted by Gasteiger charge is 2.22. The molecule has 0 aliphatic rings. The van der Waals surface area contributed by atoms with Crippen molar-refractivity contribution in [3.8, 4) is 23.0 Å². The summed E-state index contributed by atoms with van der Waals surface area (Å²) >= 11 is 0. The quantitative estimate of drug-likeness (QED) is 0.311. The number of benzene rings is 2. The van der Waals surface area contributed by atoms with Crippen molar-refractivity contribution >= 4 is 20.9 Å². The van der Waals surface area contributed by atoms with Gasteiger partial charge < -0.3 is 23.9 Å². The molecule has 2 aromatic heterocycles. The SMILES string of the molecule is COc1cc(CS(=O)(=O)c2nc3ccc(OC(F)F)cc3[nH]2)ccc1OCc1ncc(C)c(OC)c1C. The van der Waals surface area contributed by atoms with Crippen molar-refractivity contribution in [3.63, 3.8) is 0 Å². The molecule has 4 aromatic rings. The molecule has 2 heterocycles. The predicted molar refractivity (Wildman–Crippen MR) is 131 cm³/mol. The number of fused-ring (bicyclic) bond motifs is 1. The molecule has 0 atom stereocenters. The van der Waals surface area contributed by atoms with Crippen LogP contribution in [0.2, 0.25) is 0 Å². The third-order valence-electron chi connectivity index (χ3n) is 5.65. The van der Waals surface area contributed by atoms with Crippen molar-refractivity contribution in [3.05, 3.63) is 65.0 Å². The summed E-state index contributed by atoms with van der Waals surface area (Å²) in [7, 11) is -0.845. The minimum Gasteiger partial charge on any atom is -0.496 e. The van der Waals surface area contributed by atoms with Gasteiger partial charge in [-0.2, -0.15) is 8.78 Å². The minimum absolute atomic E-state index is 0.107. The molecule has 0 saturated heterocycles. The Morgan fingerprint density at radius 2 is 1.81 bits per heavy atom. The van der Waals surface area contributed by atoms with Gasteiger partial charge >= 0.3 is 6.61 Å². The van der Waals surface area contributed by atoms with Crippen LogP contribution in [0.15, 0.2) is 47.8 Å². The molecule has 0 fully saturated rings. The number of H-pyrrole nitrogens is 1. The van der Waals surface area contributed by atoms with E-state index in [-0.39, 0.29) is 28.8 Å². The van der Waals surface area contributed by atoms with Crippen molar-refractivity contribution in [2.24, 2.45) is 0 Å². The molecule has 4 rings (SSSR count). The van der Waals surface area contributed by atoms with E-state index < -0.39 is 16.4 Å². The molecule has 12 heteroatoms. The van der Waals surface area contributed by atoms with Gasteiger partial charge in [-0.3, -0.25) is 4.98 Å². The number of rotatable bonds is 10. The van der Waals surface area contributed by atoms with Gasteiger partial charge in [0.05, 0.1) is 36.7 Å². The van der Waals surface area contributed by atoms with Gasteiger partial charge in [-0.15, -0.1) is 0 Å². The fourth-order valence-corrected chi connectivity index (χ4v) is 5.12. The lowest BCUT2D eigenvalue weighted by molar-refractivity contribution is -0.0497. The van der Waals surface area contributed by atoms with Crippen LogP contribution in [0, 0.1) is 13.8 Å². The molecule has 37 heavy (non-hydrogen) atoms. The molecule has 2 aromatic carbocycles. The van der Waals surface area contributed by atoms with Gasteiger partial charge in [0.25, 0.3) is 0 Å². The third-order valence-corrected chi connectivity index (χ3v) is 7.15. The van der Waals surface area contributed by atoms with Crippen molar-refractivity contribution in [2.45, 2.75) is 38.0 Å². The van der Waals surface area contributed by atoms with E-state index in [2.05, 4.69) is 19.7 Å². The second-order valence-electron chi connectivity index (χ2n) is 8.18. The number of alkyl halides is 2. The number of sulfone groups is 1. The van der Waals surface area contributed by atoms with E-state index >= 15 is 0 Å². The number of hydrogen-bond acceptors (Lipinski definition) is 8. The van der Waals surface area contributed by atoms with Crippen LogP contribution >= 0.6 is 0 Å².